The molecule has 5 rings (SSSR count). The number of rotatable bonds is 6. The van der Waals surface area contributed by atoms with Gasteiger partial charge in [-0.3, -0.25) is 4.79 Å². The predicted octanol–water partition coefficient (Wildman–Crippen LogP) is 6.92. The van der Waals surface area contributed by atoms with Crippen LogP contribution in [0.2, 0.25) is 0 Å². The third-order valence-corrected chi connectivity index (χ3v) is 6.79. The molecule has 0 atom stereocenters. The summed E-state index contributed by atoms with van der Waals surface area (Å²) in [7, 11) is 0. The molecular weight excluding hydrogens is 468 g/mol. The average molecular weight is 495 g/mol. The molecule has 2 aromatic heterocycles. The lowest BCUT2D eigenvalue weighted by Gasteiger charge is -2.12. The van der Waals surface area contributed by atoms with Gasteiger partial charge in [0.15, 0.2) is 0 Å². The van der Waals surface area contributed by atoms with Gasteiger partial charge in [0.05, 0.1) is 22.5 Å². The van der Waals surface area contributed by atoms with Gasteiger partial charge in [-0.25, -0.2) is 4.98 Å². The molecule has 36 heavy (non-hydrogen) atoms. The fraction of sp³-hybridized carbons (Fsp3) is 0.172. The lowest BCUT2D eigenvalue weighted by molar-refractivity contribution is -0.113. The molecule has 0 saturated heterocycles. The predicted molar refractivity (Wildman–Crippen MR) is 145 cm³/mol. The smallest absolute Gasteiger partial charge is 0.277 e. The van der Waals surface area contributed by atoms with Crippen molar-refractivity contribution in [2.24, 2.45) is 0 Å². The number of nitrogens with one attached hydrogen (secondary N) is 1. The van der Waals surface area contributed by atoms with Crippen LogP contribution >= 0.6 is 11.8 Å². The Morgan fingerprint density at radius 1 is 0.889 bits per heavy atom. The second-order valence-electron chi connectivity index (χ2n) is 8.92. The number of pyridine rings is 1. The molecular formula is C29H26N4O2S. The van der Waals surface area contributed by atoms with Gasteiger partial charge in [-0.2, -0.15) is 0 Å². The Morgan fingerprint density at radius 2 is 1.61 bits per heavy atom. The van der Waals surface area contributed by atoms with E-state index in [2.05, 4.69) is 58.8 Å². The first-order valence-corrected chi connectivity index (χ1v) is 12.7. The zero-order valence-electron chi connectivity index (χ0n) is 20.6. The Labute approximate surface area is 214 Å². The minimum Gasteiger partial charge on any atom is -0.411 e. The van der Waals surface area contributed by atoms with Crippen molar-refractivity contribution in [2.45, 2.75) is 32.9 Å². The molecule has 1 N–H and O–H groups in total. The van der Waals surface area contributed by atoms with E-state index in [-0.39, 0.29) is 11.7 Å². The van der Waals surface area contributed by atoms with Crippen molar-refractivity contribution in [3.8, 4) is 22.7 Å². The minimum atomic E-state index is -0.120. The van der Waals surface area contributed by atoms with Crippen molar-refractivity contribution >= 4 is 34.3 Å². The number of hydrogen-bond donors (Lipinski definition) is 1. The van der Waals surface area contributed by atoms with Crippen LogP contribution in [0.1, 0.15) is 22.3 Å². The van der Waals surface area contributed by atoms with Crippen molar-refractivity contribution in [3.63, 3.8) is 0 Å². The number of para-hydroxylation sites is 1. The molecule has 3 aromatic carbocycles. The van der Waals surface area contributed by atoms with E-state index in [9.17, 15) is 4.79 Å². The summed E-state index contributed by atoms with van der Waals surface area (Å²) >= 11 is 1.22. The molecule has 0 unspecified atom stereocenters. The van der Waals surface area contributed by atoms with E-state index in [1.165, 1.54) is 22.9 Å². The Kier molecular flexibility index (Phi) is 6.57. The van der Waals surface area contributed by atoms with Crippen LogP contribution in [0.5, 0.6) is 0 Å². The van der Waals surface area contributed by atoms with Gasteiger partial charge >= 0.3 is 0 Å². The van der Waals surface area contributed by atoms with Gasteiger partial charge in [0.25, 0.3) is 5.22 Å². The van der Waals surface area contributed by atoms with Crippen LogP contribution in [0.25, 0.3) is 33.6 Å². The maximum Gasteiger partial charge on any atom is 0.277 e. The molecule has 7 heteroatoms. The van der Waals surface area contributed by atoms with Crippen LogP contribution in [0.4, 0.5) is 5.69 Å². The van der Waals surface area contributed by atoms with E-state index < -0.39 is 0 Å². The summed E-state index contributed by atoms with van der Waals surface area (Å²) < 4.78 is 5.98. The van der Waals surface area contributed by atoms with Gasteiger partial charge in [-0.05, 0) is 51.0 Å². The molecule has 180 valence electrons. The number of amides is 1. The van der Waals surface area contributed by atoms with E-state index in [0.717, 1.165) is 44.5 Å². The Hall–Kier alpha value is -3.97. The topological polar surface area (TPSA) is 80.9 Å². The number of anilines is 1. The second kappa shape index (κ2) is 9.95. The summed E-state index contributed by atoms with van der Waals surface area (Å²) in [6.45, 7) is 8.10. The molecule has 0 saturated carbocycles. The van der Waals surface area contributed by atoms with Gasteiger partial charge in [-0.15, -0.1) is 10.2 Å². The summed E-state index contributed by atoms with van der Waals surface area (Å²) in [5.41, 5.74) is 8.80. The van der Waals surface area contributed by atoms with Crippen molar-refractivity contribution in [2.75, 3.05) is 11.1 Å². The molecule has 6 nitrogen and oxygen atoms in total. The third kappa shape index (κ3) is 5.02. The summed E-state index contributed by atoms with van der Waals surface area (Å²) in [5.74, 6) is 0.445. The van der Waals surface area contributed by atoms with E-state index in [0.29, 0.717) is 11.1 Å². The lowest BCUT2D eigenvalue weighted by Crippen LogP contribution is -2.15. The van der Waals surface area contributed by atoms with Crippen LogP contribution in [-0.2, 0) is 4.79 Å². The molecule has 0 fully saturated rings. The van der Waals surface area contributed by atoms with Crippen LogP contribution in [0, 0.1) is 27.7 Å². The van der Waals surface area contributed by atoms with Gasteiger partial charge in [0.1, 0.15) is 0 Å². The molecule has 0 aliphatic carbocycles. The summed E-state index contributed by atoms with van der Waals surface area (Å²) in [6, 6.07) is 22.2. The first-order valence-electron chi connectivity index (χ1n) is 11.7. The van der Waals surface area contributed by atoms with Gasteiger partial charge in [0, 0.05) is 16.6 Å². The third-order valence-electron chi connectivity index (χ3n) is 5.97. The molecule has 2 heterocycles. The van der Waals surface area contributed by atoms with Crippen LogP contribution in [-0.4, -0.2) is 26.8 Å². The SMILES string of the molecule is Cc1ccc(-c2cc(-c3nnc(SCC(=O)Nc4c(C)cc(C)cc4C)o3)c3ccccc3n2)cc1. The molecule has 1 amide bonds. The lowest BCUT2D eigenvalue weighted by atomic mass is 10.0. The standard InChI is InChI=1S/C29H26N4O2S/c1-17-9-11-21(12-10-17)25-15-23(22-7-5-6-8-24(22)30-25)28-32-33-29(35-28)36-16-26(34)31-27-19(3)13-18(2)14-20(27)4/h5-15H,16H2,1-4H3,(H,31,34). The number of fused-ring (bicyclic) bond motifs is 1. The van der Waals surface area contributed by atoms with Crippen LogP contribution in [0.15, 0.2) is 76.4 Å². The molecule has 0 aliphatic rings. The number of hydrogen-bond acceptors (Lipinski definition) is 6. The number of thioether (sulfide) groups is 1. The van der Waals surface area contributed by atoms with E-state index >= 15 is 0 Å². The molecule has 0 radical (unpaired) electrons. The highest BCUT2D eigenvalue weighted by Crippen LogP contribution is 2.33. The molecule has 0 bridgehead atoms. The number of aryl methyl sites for hydroxylation is 4. The summed E-state index contributed by atoms with van der Waals surface area (Å²) in [6.07, 6.45) is 0. The van der Waals surface area contributed by atoms with E-state index in [1.807, 2.05) is 51.1 Å². The molecule has 0 aliphatic heterocycles. The van der Waals surface area contributed by atoms with E-state index in [4.69, 9.17) is 9.40 Å². The van der Waals surface area contributed by atoms with Crippen molar-refractivity contribution < 1.29 is 9.21 Å². The Morgan fingerprint density at radius 3 is 2.36 bits per heavy atom. The Balaban J connectivity index is 1.37. The van der Waals surface area contributed by atoms with Gasteiger partial charge < -0.3 is 9.73 Å². The monoisotopic (exact) mass is 494 g/mol. The maximum atomic E-state index is 12.6. The number of aromatic nitrogens is 3. The Bertz CT molecular complexity index is 1550. The highest BCUT2D eigenvalue weighted by molar-refractivity contribution is 7.99. The second-order valence-corrected chi connectivity index (χ2v) is 9.85. The normalized spacial score (nSPS) is 11.1. The van der Waals surface area contributed by atoms with Crippen LogP contribution < -0.4 is 5.32 Å². The molecule has 5 aromatic rings. The largest absolute Gasteiger partial charge is 0.411 e. The number of carbonyl (C=O) groups is 1. The number of benzene rings is 3. The zero-order chi connectivity index (χ0) is 25.2. The van der Waals surface area contributed by atoms with Gasteiger partial charge in [-0.1, -0.05) is 77.5 Å². The number of nitrogens with zero attached hydrogens (tertiary/aromatic N) is 3. The highest BCUT2D eigenvalue weighted by Gasteiger charge is 2.17. The first kappa shape index (κ1) is 23.8. The quantitative estimate of drug-likeness (QED) is 0.258. The average Bonchev–Trinajstić information content (AvgIpc) is 3.33. The van der Waals surface area contributed by atoms with Crippen LogP contribution in [0.3, 0.4) is 0 Å². The summed E-state index contributed by atoms with van der Waals surface area (Å²) in [5, 5.41) is 12.8. The maximum absolute atomic E-state index is 12.6. The van der Waals surface area contributed by atoms with Crippen molar-refractivity contribution in [1.82, 2.24) is 15.2 Å². The van der Waals surface area contributed by atoms with Crippen molar-refractivity contribution in [1.29, 1.82) is 0 Å². The minimum absolute atomic E-state index is 0.120. The zero-order valence-corrected chi connectivity index (χ0v) is 21.4. The van der Waals surface area contributed by atoms with E-state index in [1.54, 1.807) is 0 Å². The van der Waals surface area contributed by atoms with Crippen molar-refractivity contribution in [3.05, 3.63) is 89.0 Å². The van der Waals surface area contributed by atoms with Gasteiger partial charge in [0.2, 0.25) is 11.8 Å². The fourth-order valence-electron chi connectivity index (χ4n) is 4.28. The summed E-state index contributed by atoms with van der Waals surface area (Å²) in [4.78, 5) is 17.5. The first-order chi connectivity index (χ1) is 17.4. The molecule has 0 spiro atoms. The number of carbonyl (C=O) groups excluding carboxylic acids is 1. The highest BCUT2D eigenvalue weighted by atomic mass is 32.2. The fourth-order valence-corrected chi connectivity index (χ4v) is 4.84.